The second kappa shape index (κ2) is 7.29. The van der Waals surface area contributed by atoms with Gasteiger partial charge in [0.05, 0.1) is 31.5 Å². The Morgan fingerprint density at radius 3 is 2.58 bits per heavy atom. The molecule has 0 aliphatic carbocycles. The van der Waals surface area contributed by atoms with Crippen LogP contribution in [0.4, 0.5) is 5.69 Å². The van der Waals surface area contributed by atoms with Gasteiger partial charge in [-0.05, 0) is 47.5 Å². The number of methoxy groups -OCH3 is 1. The van der Waals surface area contributed by atoms with Crippen LogP contribution in [0.1, 0.15) is 0 Å². The van der Waals surface area contributed by atoms with Crippen molar-refractivity contribution in [1.82, 2.24) is 4.98 Å². The lowest BCUT2D eigenvalue weighted by molar-refractivity contribution is 0.123. The number of fused-ring (bicyclic) bond motifs is 4. The maximum absolute atomic E-state index is 6.36. The first-order chi connectivity index (χ1) is 15.3. The molecule has 5 aromatic rings. The average molecular weight is 410 g/mol. The second-order valence-corrected chi connectivity index (χ2v) is 7.80. The summed E-state index contributed by atoms with van der Waals surface area (Å²) >= 11 is 0. The largest absolute Gasteiger partial charge is 0.497 e. The van der Waals surface area contributed by atoms with Crippen molar-refractivity contribution in [2.45, 2.75) is 0 Å². The van der Waals surface area contributed by atoms with Gasteiger partial charge in [0, 0.05) is 23.9 Å². The highest BCUT2D eigenvalue weighted by Crippen LogP contribution is 2.40. The lowest BCUT2D eigenvalue weighted by atomic mass is 10.0. The molecule has 1 saturated heterocycles. The first-order valence-corrected chi connectivity index (χ1v) is 10.5. The van der Waals surface area contributed by atoms with Gasteiger partial charge in [-0.2, -0.15) is 0 Å². The number of hydrogen-bond acceptors (Lipinski definition) is 5. The van der Waals surface area contributed by atoms with Gasteiger partial charge in [0.1, 0.15) is 16.8 Å². The molecule has 0 spiro atoms. The standard InChI is InChI=1S/C26H22N2O3/c1-29-19-6-4-5-17(15-19)18-9-10-22-21(16-18)25(28-11-13-30-14-12-28)26-24(27-22)20-7-2-3-8-23(20)31-26/h2-10,15-16H,11-14H2,1H3. The van der Waals surface area contributed by atoms with Crippen molar-refractivity contribution < 1.29 is 13.9 Å². The fourth-order valence-electron chi connectivity index (χ4n) is 4.45. The molecule has 5 nitrogen and oxygen atoms in total. The summed E-state index contributed by atoms with van der Waals surface area (Å²) in [5.74, 6) is 0.844. The summed E-state index contributed by atoms with van der Waals surface area (Å²) < 4.78 is 17.4. The quantitative estimate of drug-likeness (QED) is 0.385. The Labute approximate surface area is 179 Å². The number of pyridine rings is 1. The molecule has 1 fully saturated rings. The molecule has 0 unspecified atom stereocenters. The Bertz CT molecular complexity index is 1420. The number of hydrogen-bond donors (Lipinski definition) is 0. The van der Waals surface area contributed by atoms with Gasteiger partial charge >= 0.3 is 0 Å². The fourth-order valence-corrected chi connectivity index (χ4v) is 4.45. The van der Waals surface area contributed by atoms with Gasteiger partial charge in [0.15, 0.2) is 5.58 Å². The smallest absolute Gasteiger partial charge is 0.177 e. The SMILES string of the molecule is COc1cccc(-c2ccc3nc4c(oc5ccccc54)c(N4CCOCC4)c3c2)c1. The van der Waals surface area contributed by atoms with E-state index in [0.29, 0.717) is 13.2 Å². The molecule has 0 saturated carbocycles. The van der Waals surface area contributed by atoms with E-state index < -0.39 is 0 Å². The van der Waals surface area contributed by atoms with Crippen LogP contribution in [0.2, 0.25) is 0 Å². The number of aromatic nitrogens is 1. The number of nitrogens with zero attached hydrogens (tertiary/aromatic N) is 2. The summed E-state index contributed by atoms with van der Waals surface area (Å²) in [4.78, 5) is 7.38. The Hall–Kier alpha value is -3.57. The third-order valence-corrected chi connectivity index (χ3v) is 6.00. The topological polar surface area (TPSA) is 47.7 Å². The van der Waals surface area contributed by atoms with Gasteiger partial charge in [-0.3, -0.25) is 0 Å². The highest BCUT2D eigenvalue weighted by Gasteiger charge is 2.22. The second-order valence-electron chi connectivity index (χ2n) is 7.80. The maximum Gasteiger partial charge on any atom is 0.177 e. The van der Waals surface area contributed by atoms with Crippen molar-refractivity contribution in [3.8, 4) is 16.9 Å². The number of anilines is 1. The predicted molar refractivity (Wildman–Crippen MR) is 124 cm³/mol. The van der Waals surface area contributed by atoms with Crippen molar-refractivity contribution in [3.05, 3.63) is 66.7 Å². The number of furan rings is 1. The minimum atomic E-state index is 0.709. The summed E-state index contributed by atoms with van der Waals surface area (Å²) in [6.45, 7) is 3.07. The molecule has 5 heteroatoms. The van der Waals surface area contributed by atoms with Crippen molar-refractivity contribution in [3.63, 3.8) is 0 Å². The van der Waals surface area contributed by atoms with Gasteiger partial charge in [0.2, 0.25) is 0 Å². The first kappa shape index (κ1) is 18.2. The van der Waals surface area contributed by atoms with E-state index in [0.717, 1.165) is 68.6 Å². The van der Waals surface area contributed by atoms with Gasteiger partial charge in [-0.15, -0.1) is 0 Å². The minimum Gasteiger partial charge on any atom is -0.497 e. The van der Waals surface area contributed by atoms with Crippen LogP contribution in [0, 0.1) is 0 Å². The number of morpholine rings is 1. The molecule has 1 aliphatic rings. The Kier molecular flexibility index (Phi) is 4.28. The summed E-state index contributed by atoms with van der Waals surface area (Å²) in [5.41, 5.74) is 6.92. The van der Waals surface area contributed by atoms with E-state index in [4.69, 9.17) is 18.9 Å². The summed E-state index contributed by atoms with van der Waals surface area (Å²) in [6.07, 6.45) is 0. The molecule has 31 heavy (non-hydrogen) atoms. The maximum atomic E-state index is 6.36. The van der Waals surface area contributed by atoms with E-state index in [1.54, 1.807) is 7.11 Å². The van der Waals surface area contributed by atoms with E-state index in [1.165, 1.54) is 0 Å². The molecule has 2 aromatic heterocycles. The first-order valence-electron chi connectivity index (χ1n) is 10.5. The van der Waals surface area contributed by atoms with Crippen LogP contribution in [-0.4, -0.2) is 38.4 Å². The van der Waals surface area contributed by atoms with Crippen LogP contribution >= 0.6 is 0 Å². The molecule has 6 rings (SSSR count). The third-order valence-electron chi connectivity index (χ3n) is 6.00. The minimum absolute atomic E-state index is 0.709. The van der Waals surface area contributed by atoms with E-state index in [9.17, 15) is 0 Å². The lowest BCUT2D eigenvalue weighted by Crippen LogP contribution is -2.36. The summed E-state index contributed by atoms with van der Waals surface area (Å²) in [5, 5.41) is 2.14. The molecule has 0 atom stereocenters. The van der Waals surface area contributed by atoms with Crippen LogP contribution < -0.4 is 9.64 Å². The highest BCUT2D eigenvalue weighted by atomic mass is 16.5. The Morgan fingerprint density at radius 1 is 0.871 bits per heavy atom. The van der Waals surface area contributed by atoms with E-state index in [2.05, 4.69) is 41.3 Å². The number of benzene rings is 3. The van der Waals surface area contributed by atoms with Crippen molar-refractivity contribution >= 4 is 38.7 Å². The predicted octanol–water partition coefficient (Wildman–Crippen LogP) is 5.65. The van der Waals surface area contributed by atoms with Crippen LogP contribution in [0.3, 0.4) is 0 Å². The summed E-state index contributed by atoms with van der Waals surface area (Å²) in [6, 6.07) is 22.7. The highest BCUT2D eigenvalue weighted by molar-refractivity contribution is 6.14. The zero-order valence-electron chi connectivity index (χ0n) is 17.3. The van der Waals surface area contributed by atoms with Crippen molar-refractivity contribution in [1.29, 1.82) is 0 Å². The number of para-hydroxylation sites is 1. The lowest BCUT2D eigenvalue weighted by Gasteiger charge is -2.29. The van der Waals surface area contributed by atoms with Crippen LogP contribution in [0.25, 0.3) is 44.1 Å². The fraction of sp³-hybridized carbons (Fsp3) is 0.192. The van der Waals surface area contributed by atoms with Gasteiger partial charge in [0.25, 0.3) is 0 Å². The molecule has 3 heterocycles. The molecular weight excluding hydrogens is 388 g/mol. The molecule has 0 N–H and O–H groups in total. The van der Waals surface area contributed by atoms with E-state index in [-0.39, 0.29) is 0 Å². The van der Waals surface area contributed by atoms with Gasteiger partial charge < -0.3 is 18.8 Å². The van der Waals surface area contributed by atoms with Gasteiger partial charge in [-0.25, -0.2) is 4.98 Å². The van der Waals surface area contributed by atoms with Crippen LogP contribution in [-0.2, 0) is 4.74 Å². The van der Waals surface area contributed by atoms with Crippen molar-refractivity contribution in [2.24, 2.45) is 0 Å². The zero-order chi connectivity index (χ0) is 20.8. The van der Waals surface area contributed by atoms with E-state index in [1.807, 2.05) is 30.3 Å². The average Bonchev–Trinajstić information content (AvgIpc) is 3.21. The molecule has 1 aliphatic heterocycles. The number of rotatable bonds is 3. The Balaban J connectivity index is 1.65. The van der Waals surface area contributed by atoms with Crippen molar-refractivity contribution in [2.75, 3.05) is 38.3 Å². The Morgan fingerprint density at radius 2 is 1.71 bits per heavy atom. The number of ether oxygens (including phenoxy) is 2. The zero-order valence-corrected chi connectivity index (χ0v) is 17.3. The molecule has 0 radical (unpaired) electrons. The van der Waals surface area contributed by atoms with Crippen LogP contribution in [0.15, 0.2) is 71.1 Å². The molecular formula is C26H22N2O3. The molecule has 0 bridgehead atoms. The summed E-state index contributed by atoms with van der Waals surface area (Å²) in [7, 11) is 1.69. The third kappa shape index (κ3) is 3.01. The van der Waals surface area contributed by atoms with E-state index >= 15 is 0 Å². The monoisotopic (exact) mass is 410 g/mol. The van der Waals surface area contributed by atoms with Gasteiger partial charge in [-0.1, -0.05) is 30.3 Å². The molecule has 3 aromatic carbocycles. The van der Waals surface area contributed by atoms with Crippen LogP contribution in [0.5, 0.6) is 5.75 Å². The molecule has 0 amide bonds. The normalized spacial score (nSPS) is 14.5. The molecule has 154 valence electrons.